The van der Waals surface area contributed by atoms with Crippen LogP contribution in [0.3, 0.4) is 0 Å². The monoisotopic (exact) mass is 229 g/mol. The van der Waals surface area contributed by atoms with Crippen molar-refractivity contribution in [1.29, 1.82) is 0 Å². The van der Waals surface area contributed by atoms with Crippen LogP contribution in [-0.4, -0.2) is 5.78 Å². The lowest BCUT2D eigenvalue weighted by molar-refractivity contribution is 0.104. The van der Waals surface area contributed by atoms with Crippen molar-refractivity contribution < 1.29 is 4.79 Å². The van der Waals surface area contributed by atoms with Gasteiger partial charge in [-0.05, 0) is 47.9 Å². The quantitative estimate of drug-likeness (QED) is 0.499. The van der Waals surface area contributed by atoms with E-state index >= 15 is 0 Å². The van der Waals surface area contributed by atoms with Gasteiger partial charge in [0.2, 0.25) is 0 Å². The van der Waals surface area contributed by atoms with Gasteiger partial charge in [-0.2, -0.15) is 0 Å². The van der Waals surface area contributed by atoms with Crippen molar-refractivity contribution in [2.24, 2.45) is 0 Å². The number of hydrogen-bond donors (Lipinski definition) is 1. The number of allylic oxidation sites excluding steroid dienone is 1. The summed E-state index contributed by atoms with van der Waals surface area (Å²) in [4.78, 5) is 12.8. The maximum Gasteiger partial charge on any atom is 0.185 e. The summed E-state index contributed by atoms with van der Waals surface area (Å²) in [5.41, 5.74) is 6.87. The first-order valence-electron chi connectivity index (χ1n) is 4.87. The number of nitrogens with two attached hydrogens (primary N) is 1. The van der Waals surface area contributed by atoms with E-state index in [9.17, 15) is 4.79 Å². The molecule has 0 atom stereocenters. The molecular weight excluding hydrogens is 218 g/mol. The number of carbonyl (C=O) groups excluding carboxylic acids is 1. The second-order valence-electron chi connectivity index (χ2n) is 3.34. The highest BCUT2D eigenvalue weighted by atomic mass is 32.1. The minimum Gasteiger partial charge on any atom is -0.399 e. The Kier molecular flexibility index (Phi) is 3.17. The number of thiophene rings is 1. The summed E-state index contributed by atoms with van der Waals surface area (Å²) < 4.78 is 0. The normalized spacial score (nSPS) is 10.8. The Morgan fingerprint density at radius 2 is 1.94 bits per heavy atom. The summed E-state index contributed by atoms with van der Waals surface area (Å²) in [5.74, 6) is -0.00611. The molecule has 2 aromatic rings. The predicted octanol–water partition coefficient (Wildman–Crippen LogP) is 3.23. The maximum absolute atomic E-state index is 11.7. The van der Waals surface area contributed by atoms with Gasteiger partial charge in [-0.1, -0.05) is 6.07 Å². The highest BCUT2D eigenvalue weighted by molar-refractivity contribution is 7.10. The molecule has 2 N–H and O–H groups in total. The van der Waals surface area contributed by atoms with Crippen LogP contribution in [-0.2, 0) is 0 Å². The van der Waals surface area contributed by atoms with E-state index < -0.39 is 0 Å². The molecule has 0 radical (unpaired) electrons. The smallest absolute Gasteiger partial charge is 0.185 e. The van der Waals surface area contributed by atoms with Crippen molar-refractivity contribution in [1.82, 2.24) is 0 Å². The van der Waals surface area contributed by atoms with E-state index in [0.29, 0.717) is 11.3 Å². The van der Waals surface area contributed by atoms with Crippen molar-refractivity contribution in [2.75, 3.05) is 5.73 Å². The van der Waals surface area contributed by atoms with E-state index in [1.807, 2.05) is 23.6 Å². The Hall–Kier alpha value is -1.87. The molecule has 0 amide bonds. The Morgan fingerprint density at radius 3 is 2.56 bits per heavy atom. The number of rotatable bonds is 3. The molecular formula is C13H11NOS. The van der Waals surface area contributed by atoms with Crippen LogP contribution in [0.5, 0.6) is 0 Å². The van der Waals surface area contributed by atoms with Crippen LogP contribution < -0.4 is 5.73 Å². The molecule has 0 aliphatic carbocycles. The van der Waals surface area contributed by atoms with Gasteiger partial charge in [0.15, 0.2) is 5.78 Å². The van der Waals surface area contributed by atoms with Crippen molar-refractivity contribution in [3.05, 3.63) is 58.3 Å². The summed E-state index contributed by atoms with van der Waals surface area (Å²) in [6, 6.07) is 10.8. The molecule has 1 aromatic carbocycles. The first-order valence-corrected chi connectivity index (χ1v) is 5.75. The number of benzene rings is 1. The maximum atomic E-state index is 11.7. The van der Waals surface area contributed by atoms with E-state index in [-0.39, 0.29) is 5.78 Å². The van der Waals surface area contributed by atoms with Gasteiger partial charge in [-0.3, -0.25) is 4.79 Å². The van der Waals surface area contributed by atoms with Crippen LogP contribution in [0.25, 0.3) is 6.08 Å². The lowest BCUT2D eigenvalue weighted by Crippen LogP contribution is -1.94. The van der Waals surface area contributed by atoms with Gasteiger partial charge in [0.1, 0.15) is 0 Å². The van der Waals surface area contributed by atoms with Gasteiger partial charge in [0.05, 0.1) is 0 Å². The Labute approximate surface area is 98.0 Å². The molecule has 0 aliphatic rings. The third kappa shape index (κ3) is 2.58. The fourth-order valence-electron chi connectivity index (χ4n) is 1.29. The molecule has 2 nitrogen and oxygen atoms in total. The molecule has 2 rings (SSSR count). The van der Waals surface area contributed by atoms with Crippen LogP contribution >= 0.6 is 11.3 Å². The zero-order chi connectivity index (χ0) is 11.4. The van der Waals surface area contributed by atoms with Crippen LogP contribution in [0.2, 0.25) is 0 Å². The minimum absolute atomic E-state index is 0.00611. The summed E-state index contributed by atoms with van der Waals surface area (Å²) >= 11 is 1.60. The number of carbonyl (C=O) groups is 1. The molecule has 16 heavy (non-hydrogen) atoms. The van der Waals surface area contributed by atoms with E-state index in [1.54, 1.807) is 41.7 Å². The molecule has 80 valence electrons. The molecule has 1 aromatic heterocycles. The molecule has 0 bridgehead atoms. The van der Waals surface area contributed by atoms with Crippen molar-refractivity contribution >= 4 is 28.9 Å². The third-order valence-corrected chi connectivity index (χ3v) is 2.97. The molecule has 0 saturated carbocycles. The van der Waals surface area contributed by atoms with E-state index in [2.05, 4.69) is 0 Å². The van der Waals surface area contributed by atoms with Gasteiger partial charge < -0.3 is 5.73 Å². The summed E-state index contributed by atoms with van der Waals surface area (Å²) in [5, 5.41) is 1.98. The topological polar surface area (TPSA) is 43.1 Å². The molecule has 0 saturated heterocycles. The lowest BCUT2D eigenvalue weighted by Gasteiger charge is -1.96. The van der Waals surface area contributed by atoms with Crippen LogP contribution in [0.1, 0.15) is 15.2 Å². The summed E-state index contributed by atoms with van der Waals surface area (Å²) in [7, 11) is 0. The van der Waals surface area contributed by atoms with Crippen molar-refractivity contribution in [3.63, 3.8) is 0 Å². The van der Waals surface area contributed by atoms with Crippen molar-refractivity contribution in [3.8, 4) is 0 Å². The fourth-order valence-corrected chi connectivity index (χ4v) is 1.91. The van der Waals surface area contributed by atoms with Gasteiger partial charge in [-0.15, -0.1) is 11.3 Å². The molecule has 0 unspecified atom stereocenters. The number of hydrogen-bond acceptors (Lipinski definition) is 3. The SMILES string of the molecule is Nc1ccc(C(=O)/C=C/c2cccs2)cc1. The van der Waals surface area contributed by atoms with Gasteiger partial charge in [0, 0.05) is 16.1 Å². The van der Waals surface area contributed by atoms with E-state index in [0.717, 1.165) is 4.88 Å². The van der Waals surface area contributed by atoms with Crippen LogP contribution in [0.15, 0.2) is 47.9 Å². The molecule has 0 aliphatic heterocycles. The van der Waals surface area contributed by atoms with Gasteiger partial charge in [0.25, 0.3) is 0 Å². The van der Waals surface area contributed by atoms with Gasteiger partial charge >= 0.3 is 0 Å². The minimum atomic E-state index is -0.00611. The number of nitrogen functional groups attached to an aromatic ring is 1. The third-order valence-electron chi connectivity index (χ3n) is 2.14. The zero-order valence-electron chi connectivity index (χ0n) is 8.59. The standard InChI is InChI=1S/C13H11NOS/c14-11-5-3-10(4-6-11)13(15)8-7-12-2-1-9-16-12/h1-9H,14H2/b8-7+. The Morgan fingerprint density at radius 1 is 1.19 bits per heavy atom. The van der Waals surface area contributed by atoms with Crippen molar-refractivity contribution in [2.45, 2.75) is 0 Å². The molecule has 0 fully saturated rings. The highest BCUT2D eigenvalue weighted by Crippen LogP contribution is 2.12. The molecule has 0 spiro atoms. The Balaban J connectivity index is 2.11. The molecule has 3 heteroatoms. The highest BCUT2D eigenvalue weighted by Gasteiger charge is 2.00. The van der Waals surface area contributed by atoms with Crippen LogP contribution in [0.4, 0.5) is 5.69 Å². The van der Waals surface area contributed by atoms with E-state index in [4.69, 9.17) is 5.73 Å². The lowest BCUT2D eigenvalue weighted by atomic mass is 10.1. The zero-order valence-corrected chi connectivity index (χ0v) is 9.41. The Bertz CT molecular complexity index is 497. The summed E-state index contributed by atoms with van der Waals surface area (Å²) in [6.07, 6.45) is 3.40. The average Bonchev–Trinajstić information content (AvgIpc) is 2.80. The fraction of sp³-hybridized carbons (Fsp3) is 0. The first kappa shape index (κ1) is 10.6. The largest absolute Gasteiger partial charge is 0.399 e. The first-order chi connectivity index (χ1) is 7.75. The van der Waals surface area contributed by atoms with E-state index in [1.165, 1.54) is 0 Å². The van der Waals surface area contributed by atoms with Gasteiger partial charge in [-0.25, -0.2) is 0 Å². The predicted molar refractivity (Wildman–Crippen MR) is 68.5 cm³/mol. The second kappa shape index (κ2) is 4.77. The number of anilines is 1. The molecule has 1 heterocycles. The number of ketones is 1. The summed E-state index contributed by atoms with van der Waals surface area (Å²) in [6.45, 7) is 0. The van der Waals surface area contributed by atoms with Crippen LogP contribution in [0, 0.1) is 0 Å². The average molecular weight is 229 g/mol. The second-order valence-corrected chi connectivity index (χ2v) is 4.31.